The fourth-order valence-electron chi connectivity index (χ4n) is 0.158. The largest absolute Gasteiger partial charge is 0.393 e. The lowest BCUT2D eigenvalue weighted by atomic mass is 10.3. The lowest BCUT2D eigenvalue weighted by Crippen LogP contribution is -1.98. The van der Waals surface area contributed by atoms with Crippen molar-refractivity contribution in [2.75, 3.05) is 5.33 Å². The maximum atomic E-state index is 8.52. The third-order valence-corrected chi connectivity index (χ3v) is 0.985. The van der Waals surface area contributed by atoms with Gasteiger partial charge in [-0.1, -0.05) is 15.9 Å². The van der Waals surface area contributed by atoms with Crippen LogP contribution in [0.1, 0.15) is 13.3 Å². The van der Waals surface area contributed by atoms with Gasteiger partial charge in [0.2, 0.25) is 0 Å². The van der Waals surface area contributed by atoms with E-state index in [1.165, 1.54) is 0 Å². The van der Waals surface area contributed by atoms with Gasteiger partial charge in [0.15, 0.2) is 0 Å². The summed E-state index contributed by atoms with van der Waals surface area (Å²) in [6.45, 7) is 1.78. The molecule has 6 heavy (non-hydrogen) atoms. The van der Waals surface area contributed by atoms with E-state index in [2.05, 4.69) is 15.9 Å². The summed E-state index contributed by atoms with van der Waals surface area (Å²) >= 11 is 3.19. The van der Waals surface area contributed by atoms with Gasteiger partial charge in [0, 0.05) is 5.33 Å². The molecule has 0 saturated heterocycles. The molecule has 0 unspecified atom stereocenters. The van der Waals surface area contributed by atoms with Crippen LogP contribution in [0.15, 0.2) is 0 Å². The van der Waals surface area contributed by atoms with Crippen LogP contribution < -0.4 is 0 Å². The fourth-order valence-corrected chi connectivity index (χ4v) is 0.820. The van der Waals surface area contributed by atoms with Gasteiger partial charge in [0.1, 0.15) is 0 Å². The van der Waals surface area contributed by atoms with Crippen molar-refractivity contribution in [3.63, 3.8) is 0 Å². The molecule has 0 spiro atoms. The Morgan fingerprint density at radius 3 is 2.33 bits per heavy atom. The molecule has 0 aromatic rings. The molecule has 1 nitrogen and oxygen atoms in total. The molecule has 0 saturated carbocycles. The third-order valence-electron chi connectivity index (χ3n) is 0.527. The standard InChI is InChI=1S/C4H9BrO/c1-4(6)2-3-5/h4,6H,2-3H2,1H3/t4-/m1/s1. The van der Waals surface area contributed by atoms with Gasteiger partial charge in [-0.25, -0.2) is 0 Å². The molecule has 0 aliphatic carbocycles. The van der Waals surface area contributed by atoms with Gasteiger partial charge in [0.25, 0.3) is 0 Å². The Morgan fingerprint density at radius 2 is 2.33 bits per heavy atom. The zero-order chi connectivity index (χ0) is 4.99. The highest BCUT2D eigenvalue weighted by Gasteiger charge is 1.88. The van der Waals surface area contributed by atoms with Crippen molar-refractivity contribution >= 4 is 15.9 Å². The van der Waals surface area contributed by atoms with Crippen LogP contribution in [-0.4, -0.2) is 16.5 Å². The van der Waals surface area contributed by atoms with Gasteiger partial charge in [-0.3, -0.25) is 0 Å². The summed E-state index contributed by atoms with van der Waals surface area (Å²) in [6.07, 6.45) is 0.698. The van der Waals surface area contributed by atoms with Crippen molar-refractivity contribution in [1.82, 2.24) is 0 Å². The molecular weight excluding hydrogens is 144 g/mol. The number of hydrogen-bond donors (Lipinski definition) is 1. The Morgan fingerprint density at radius 1 is 1.83 bits per heavy atom. The van der Waals surface area contributed by atoms with E-state index < -0.39 is 0 Å². The van der Waals surface area contributed by atoms with Gasteiger partial charge < -0.3 is 5.11 Å². The smallest absolute Gasteiger partial charge is 0.0520 e. The highest BCUT2D eigenvalue weighted by atomic mass is 79.9. The van der Waals surface area contributed by atoms with E-state index in [0.29, 0.717) is 0 Å². The van der Waals surface area contributed by atoms with Crippen molar-refractivity contribution in [2.45, 2.75) is 19.4 Å². The molecule has 0 radical (unpaired) electrons. The second kappa shape index (κ2) is 3.62. The van der Waals surface area contributed by atoms with Crippen LogP contribution in [0.2, 0.25) is 0 Å². The molecule has 0 heterocycles. The first-order valence-corrected chi connectivity index (χ1v) is 3.13. The Balaban J connectivity index is 2.63. The van der Waals surface area contributed by atoms with Crippen molar-refractivity contribution < 1.29 is 5.11 Å². The van der Waals surface area contributed by atoms with Gasteiger partial charge in [-0.05, 0) is 13.3 Å². The first-order chi connectivity index (χ1) is 2.77. The molecule has 0 bridgehead atoms. The van der Waals surface area contributed by atoms with Crippen LogP contribution in [0.3, 0.4) is 0 Å². The summed E-state index contributed by atoms with van der Waals surface area (Å²) in [5.41, 5.74) is 0. The summed E-state index contributed by atoms with van der Waals surface area (Å²) in [6, 6.07) is 0. The maximum Gasteiger partial charge on any atom is 0.0520 e. The van der Waals surface area contributed by atoms with Gasteiger partial charge in [-0.15, -0.1) is 0 Å². The Hall–Kier alpha value is 0.440. The minimum atomic E-state index is -0.149. The molecule has 1 atom stereocenters. The summed E-state index contributed by atoms with van der Waals surface area (Å²) in [7, 11) is 0. The van der Waals surface area contributed by atoms with E-state index in [-0.39, 0.29) is 6.10 Å². The average molecular weight is 153 g/mol. The molecule has 0 aliphatic rings. The molecule has 0 rings (SSSR count). The number of aliphatic hydroxyl groups excluding tert-OH is 1. The molecule has 0 aromatic carbocycles. The number of rotatable bonds is 2. The summed E-state index contributed by atoms with van der Waals surface area (Å²) in [5.74, 6) is 0. The highest BCUT2D eigenvalue weighted by Crippen LogP contribution is 1.91. The fraction of sp³-hybridized carbons (Fsp3) is 1.00. The Bertz CT molecular complexity index is 28.7. The minimum Gasteiger partial charge on any atom is -0.393 e. The van der Waals surface area contributed by atoms with E-state index in [1.807, 2.05) is 0 Å². The molecule has 2 heteroatoms. The predicted octanol–water partition coefficient (Wildman–Crippen LogP) is 1.15. The molecule has 0 amide bonds. The van der Waals surface area contributed by atoms with E-state index in [1.54, 1.807) is 6.92 Å². The number of aliphatic hydroxyl groups is 1. The third kappa shape index (κ3) is 4.44. The van der Waals surface area contributed by atoms with E-state index >= 15 is 0 Å². The van der Waals surface area contributed by atoms with Crippen LogP contribution in [0.5, 0.6) is 0 Å². The molecule has 0 fully saturated rings. The number of hydrogen-bond acceptors (Lipinski definition) is 1. The van der Waals surface area contributed by atoms with Crippen molar-refractivity contribution in [3.8, 4) is 0 Å². The minimum absolute atomic E-state index is 0.149. The summed E-state index contributed by atoms with van der Waals surface area (Å²) in [4.78, 5) is 0. The van der Waals surface area contributed by atoms with E-state index in [0.717, 1.165) is 11.8 Å². The van der Waals surface area contributed by atoms with Crippen LogP contribution >= 0.6 is 15.9 Å². The Kier molecular flexibility index (Phi) is 3.89. The number of alkyl halides is 1. The molecule has 0 aliphatic heterocycles. The van der Waals surface area contributed by atoms with Gasteiger partial charge in [0.05, 0.1) is 6.10 Å². The van der Waals surface area contributed by atoms with Crippen molar-refractivity contribution in [1.29, 1.82) is 0 Å². The molecule has 0 aromatic heterocycles. The van der Waals surface area contributed by atoms with Crippen molar-refractivity contribution in [2.24, 2.45) is 0 Å². The van der Waals surface area contributed by atoms with Crippen molar-refractivity contribution in [3.05, 3.63) is 0 Å². The van der Waals surface area contributed by atoms with Crippen LogP contribution in [0, 0.1) is 0 Å². The first-order valence-electron chi connectivity index (χ1n) is 2.01. The summed E-state index contributed by atoms with van der Waals surface area (Å²) in [5, 5.41) is 9.42. The second-order valence-corrected chi connectivity index (χ2v) is 2.12. The quantitative estimate of drug-likeness (QED) is 0.590. The maximum absolute atomic E-state index is 8.52. The van der Waals surface area contributed by atoms with Gasteiger partial charge >= 0.3 is 0 Å². The number of halogens is 1. The highest BCUT2D eigenvalue weighted by molar-refractivity contribution is 9.09. The first kappa shape index (κ1) is 6.44. The van der Waals surface area contributed by atoms with Gasteiger partial charge in [-0.2, -0.15) is 0 Å². The van der Waals surface area contributed by atoms with E-state index in [9.17, 15) is 0 Å². The van der Waals surface area contributed by atoms with Crippen LogP contribution in [0.25, 0.3) is 0 Å². The molecular formula is C4H9BrO. The second-order valence-electron chi connectivity index (χ2n) is 1.33. The topological polar surface area (TPSA) is 20.2 Å². The lowest BCUT2D eigenvalue weighted by molar-refractivity contribution is 0.192. The Labute approximate surface area is 46.5 Å². The zero-order valence-electron chi connectivity index (χ0n) is 3.82. The lowest BCUT2D eigenvalue weighted by Gasteiger charge is -1.94. The average Bonchev–Trinajstić information content (AvgIpc) is 1.35. The monoisotopic (exact) mass is 152 g/mol. The predicted molar refractivity (Wildman–Crippen MR) is 30.1 cm³/mol. The zero-order valence-corrected chi connectivity index (χ0v) is 5.40. The van der Waals surface area contributed by atoms with E-state index in [4.69, 9.17) is 5.11 Å². The molecule has 38 valence electrons. The van der Waals surface area contributed by atoms with Crippen LogP contribution in [-0.2, 0) is 0 Å². The van der Waals surface area contributed by atoms with Crippen LogP contribution in [0.4, 0.5) is 0 Å². The normalized spacial score (nSPS) is 14.5. The summed E-state index contributed by atoms with van der Waals surface area (Å²) < 4.78 is 0. The SMILES string of the molecule is C[C@@H](O)CCBr. The molecule has 1 N–H and O–H groups in total.